The summed E-state index contributed by atoms with van der Waals surface area (Å²) in [5.74, 6) is -1.89. The third-order valence-corrected chi connectivity index (χ3v) is 10.9. The van der Waals surface area contributed by atoms with E-state index in [1.807, 2.05) is 0 Å². The number of nitrogens with two attached hydrogens (primary N) is 1. The number of nitrogens with zero attached hydrogens (tertiary/aromatic N) is 7. The molecular weight excluding hydrogens is 953 g/mol. The number of hydrogen-bond donors (Lipinski definition) is 1. The van der Waals surface area contributed by atoms with Gasteiger partial charge in [-0.25, -0.2) is 23.2 Å². The van der Waals surface area contributed by atoms with Crippen molar-refractivity contribution < 1.29 is 68.6 Å². The molecule has 380 valence electrons. The maximum absolute atomic E-state index is 14.6. The molecule has 0 spiro atoms. The first-order valence-corrected chi connectivity index (χ1v) is 22.0. The van der Waals surface area contributed by atoms with Crippen LogP contribution >= 0.6 is 0 Å². The minimum Gasteiger partial charge on any atom is -0.444 e. The third kappa shape index (κ3) is 14.5. The van der Waals surface area contributed by atoms with E-state index in [1.54, 1.807) is 41.5 Å². The van der Waals surface area contributed by atoms with E-state index in [0.717, 1.165) is 40.5 Å². The van der Waals surface area contributed by atoms with E-state index < -0.39 is 89.0 Å². The van der Waals surface area contributed by atoms with Crippen molar-refractivity contribution in [1.82, 2.24) is 29.7 Å². The topological polar surface area (TPSA) is 192 Å². The van der Waals surface area contributed by atoms with E-state index in [9.17, 15) is 59.1 Å². The van der Waals surface area contributed by atoms with E-state index >= 15 is 0 Å². The Labute approximate surface area is 403 Å². The lowest BCUT2D eigenvalue weighted by Crippen LogP contribution is -2.46. The second kappa shape index (κ2) is 21.9. The van der Waals surface area contributed by atoms with Crippen molar-refractivity contribution in [3.63, 3.8) is 0 Å². The van der Waals surface area contributed by atoms with Crippen LogP contribution in [0.1, 0.15) is 100 Å². The fourth-order valence-electron chi connectivity index (χ4n) is 7.58. The summed E-state index contributed by atoms with van der Waals surface area (Å²) in [5.41, 5.74) is 3.62. The van der Waals surface area contributed by atoms with Gasteiger partial charge in [-0.05, 0) is 115 Å². The van der Waals surface area contributed by atoms with Gasteiger partial charge in [-0.3, -0.25) is 44.1 Å². The van der Waals surface area contributed by atoms with Crippen molar-refractivity contribution in [2.45, 2.75) is 128 Å². The van der Waals surface area contributed by atoms with Crippen LogP contribution in [0.2, 0.25) is 0 Å². The van der Waals surface area contributed by atoms with E-state index in [2.05, 4.69) is 24.8 Å². The minimum atomic E-state index is -4.60. The zero-order valence-corrected chi connectivity index (χ0v) is 39.3. The molecule has 2 aliphatic heterocycles. The van der Waals surface area contributed by atoms with Crippen LogP contribution in [-0.4, -0.2) is 108 Å². The number of ketones is 2. The first kappa shape index (κ1) is 54.8. The zero-order chi connectivity index (χ0) is 52.8. The smallest absolute Gasteiger partial charge is 0.433 e. The van der Waals surface area contributed by atoms with Crippen LogP contribution in [0, 0.1) is 6.57 Å². The molecule has 2 fully saturated rings. The first-order valence-electron chi connectivity index (χ1n) is 22.0. The molecule has 4 atom stereocenters. The summed E-state index contributed by atoms with van der Waals surface area (Å²) in [6, 6.07) is 4.35. The van der Waals surface area contributed by atoms with Crippen molar-refractivity contribution in [3.05, 3.63) is 101 Å². The van der Waals surface area contributed by atoms with Crippen molar-refractivity contribution in [3.8, 4) is 22.5 Å². The van der Waals surface area contributed by atoms with Gasteiger partial charge in [0.15, 0.2) is 11.6 Å². The van der Waals surface area contributed by atoms with Crippen molar-refractivity contribution >= 4 is 35.3 Å². The van der Waals surface area contributed by atoms with Crippen LogP contribution < -0.4 is 5.73 Å². The third-order valence-electron chi connectivity index (χ3n) is 10.9. The minimum absolute atomic E-state index is 0.0114. The highest BCUT2D eigenvalue weighted by Crippen LogP contribution is 2.33. The molecule has 0 radical (unpaired) electrons. The van der Waals surface area contributed by atoms with Crippen LogP contribution in [-0.2, 0) is 44.3 Å². The molecule has 0 aromatic carbocycles. The summed E-state index contributed by atoms with van der Waals surface area (Å²) in [6.45, 7) is 17.4. The SMILES string of the molecule is CC(C)(C)OC(=O)N1CC[C@H](F)[C@H]1C(=O)CCc1cc(-c2ccc(C(F)(F)F)nc2)ncc1C(N)=O.[C-]#[N+]c1cnc(-c2ccc(C(F)(F)F)nc2)cc1CCC(=O)[C@@H]1[C@@H](F)CCN1C(=O)OC(C)(C)C. The molecule has 0 unspecified atom stereocenters. The number of rotatable bonds is 11. The lowest BCUT2D eigenvalue weighted by molar-refractivity contribution is -0.141. The molecule has 0 aliphatic carbocycles. The first-order chi connectivity index (χ1) is 33.0. The lowest BCUT2D eigenvalue weighted by atomic mass is 9.97. The molecule has 0 saturated carbocycles. The quantitative estimate of drug-likeness (QED) is 0.111. The number of ether oxygens (including phenoxy) is 2. The van der Waals surface area contributed by atoms with E-state index in [-0.39, 0.29) is 79.8 Å². The Morgan fingerprint density at radius 2 is 1.06 bits per heavy atom. The normalized spacial score (nSPS) is 18.3. The Bertz CT molecular complexity index is 2650. The van der Waals surface area contributed by atoms with Crippen molar-refractivity contribution in [2.75, 3.05) is 13.1 Å². The van der Waals surface area contributed by atoms with Gasteiger partial charge in [0.05, 0.1) is 23.5 Å². The number of primary amides is 1. The Morgan fingerprint density at radius 1 is 0.648 bits per heavy atom. The van der Waals surface area contributed by atoms with Crippen LogP contribution in [0.25, 0.3) is 27.4 Å². The standard InChI is InChI=1S/C24H26F4N4O4.C24H24F4N4O3/c1-23(2,3)36-22(35)32-9-8-16(25)20(32)18(33)6-4-13-10-17(30-12-15(13)21(29)34)14-5-7-19(31-11-14)24(26,27)28;1-23(2,3)35-22(34)32-10-9-16(25)21(32)19(33)7-5-14-11-17(30-13-18(14)29-4)15-6-8-20(31-12-15)24(26,27)28/h5,7,10-12,16,20H,4,6,8-9H2,1-3H3,(H2,29,34);6,8,11-13,16,21H,5,7,9-10H2,1-3H3/t16-,20-;16-,21-/m00/s1. The van der Waals surface area contributed by atoms with Crippen LogP contribution in [0.3, 0.4) is 0 Å². The maximum atomic E-state index is 14.6. The number of carbonyl (C=O) groups is 5. The van der Waals surface area contributed by atoms with E-state index in [0.29, 0.717) is 16.7 Å². The number of Topliss-reactive ketones (excluding diaryl/α,β-unsaturated/α-hetero) is 2. The number of amides is 3. The summed E-state index contributed by atoms with van der Waals surface area (Å²) in [7, 11) is 0. The highest BCUT2D eigenvalue weighted by molar-refractivity contribution is 5.95. The van der Waals surface area contributed by atoms with Crippen LogP contribution in [0.5, 0.6) is 0 Å². The molecule has 3 amide bonds. The number of likely N-dealkylation sites (tertiary alicyclic amines) is 2. The fourth-order valence-corrected chi connectivity index (χ4v) is 7.58. The highest BCUT2D eigenvalue weighted by Gasteiger charge is 2.45. The summed E-state index contributed by atoms with van der Waals surface area (Å²) < 4.78 is 116. The van der Waals surface area contributed by atoms with Crippen molar-refractivity contribution in [2.24, 2.45) is 5.73 Å². The predicted octanol–water partition coefficient (Wildman–Crippen LogP) is 9.67. The number of aryl methyl sites for hydroxylation is 2. The van der Waals surface area contributed by atoms with Crippen molar-refractivity contribution in [1.29, 1.82) is 0 Å². The number of alkyl halides is 8. The molecule has 4 aromatic rings. The number of carbonyl (C=O) groups excluding carboxylic acids is 5. The lowest BCUT2D eigenvalue weighted by Gasteiger charge is -2.28. The second-order valence-corrected chi connectivity index (χ2v) is 18.5. The molecule has 6 heterocycles. The van der Waals surface area contributed by atoms with Gasteiger partial charge < -0.3 is 15.2 Å². The van der Waals surface area contributed by atoms with Gasteiger partial charge in [-0.1, -0.05) is 0 Å². The number of pyridine rings is 4. The van der Waals surface area contributed by atoms with Gasteiger partial charge in [0.25, 0.3) is 5.91 Å². The Balaban J connectivity index is 0.000000264. The van der Waals surface area contributed by atoms with Crippen LogP contribution in [0.15, 0.2) is 61.2 Å². The average molecular weight is 1000 g/mol. The zero-order valence-electron chi connectivity index (χ0n) is 39.3. The largest absolute Gasteiger partial charge is 0.444 e. The Morgan fingerprint density at radius 3 is 1.42 bits per heavy atom. The molecule has 71 heavy (non-hydrogen) atoms. The van der Waals surface area contributed by atoms with Gasteiger partial charge in [0.1, 0.15) is 47.0 Å². The van der Waals surface area contributed by atoms with Gasteiger partial charge in [0.2, 0.25) is 5.69 Å². The Hall–Kier alpha value is -7.12. The summed E-state index contributed by atoms with van der Waals surface area (Å²) in [4.78, 5) is 83.2. The molecule has 2 aliphatic rings. The van der Waals surface area contributed by atoms with Gasteiger partial charge >= 0.3 is 24.5 Å². The monoisotopic (exact) mass is 1000 g/mol. The molecule has 2 saturated heterocycles. The molecule has 6 rings (SSSR count). The maximum Gasteiger partial charge on any atom is 0.433 e. The molecule has 0 bridgehead atoms. The summed E-state index contributed by atoms with van der Waals surface area (Å²) in [5, 5.41) is 0. The van der Waals surface area contributed by atoms with Crippen LogP contribution in [0.4, 0.5) is 50.4 Å². The number of aromatic nitrogens is 4. The molecule has 4 aromatic heterocycles. The van der Waals surface area contributed by atoms with E-state index in [1.165, 1.54) is 30.5 Å². The Kier molecular flexibility index (Phi) is 16.9. The fraction of sp³-hybridized carbons (Fsp3) is 0.458. The molecule has 2 N–H and O–H groups in total. The molecule has 23 heteroatoms. The number of halogens is 8. The number of hydrogen-bond acceptors (Lipinski definition) is 11. The van der Waals surface area contributed by atoms with Gasteiger partial charge in [-0.2, -0.15) is 26.3 Å². The van der Waals surface area contributed by atoms with E-state index in [4.69, 9.17) is 21.8 Å². The van der Waals surface area contributed by atoms with Gasteiger partial charge in [0, 0.05) is 61.8 Å². The summed E-state index contributed by atoms with van der Waals surface area (Å²) in [6.07, 6.45) is -9.72. The molecule has 15 nitrogen and oxygen atoms in total. The molecular formula is C48H50F8N8O7. The average Bonchev–Trinajstić information content (AvgIpc) is 3.88. The predicted molar refractivity (Wildman–Crippen MR) is 239 cm³/mol. The highest BCUT2D eigenvalue weighted by atomic mass is 19.4. The summed E-state index contributed by atoms with van der Waals surface area (Å²) >= 11 is 0. The second-order valence-electron chi connectivity index (χ2n) is 18.5. The van der Waals surface area contributed by atoms with Gasteiger partial charge in [-0.15, -0.1) is 0 Å².